The number of nitrogens with one attached hydrogen (secondary N) is 1. The van der Waals surface area contributed by atoms with Crippen molar-refractivity contribution in [2.24, 2.45) is 0 Å². The summed E-state index contributed by atoms with van der Waals surface area (Å²) in [5, 5.41) is 2.80. The molecule has 0 radical (unpaired) electrons. The zero-order valence-corrected chi connectivity index (χ0v) is 12.3. The molecule has 1 aromatic carbocycles. The summed E-state index contributed by atoms with van der Waals surface area (Å²) >= 11 is 0. The van der Waals surface area contributed by atoms with Crippen LogP contribution in [0.4, 0.5) is 4.39 Å². The maximum atomic E-state index is 12.8. The lowest BCUT2D eigenvalue weighted by Crippen LogP contribution is -2.27. The first-order valence-corrected chi connectivity index (χ1v) is 7.05. The van der Waals surface area contributed by atoms with Gasteiger partial charge in [0.25, 0.3) is 0 Å². The van der Waals surface area contributed by atoms with E-state index < -0.39 is 5.82 Å². The second kappa shape index (κ2) is 7.45. The summed E-state index contributed by atoms with van der Waals surface area (Å²) in [5.41, 5.74) is 1.17. The van der Waals surface area contributed by atoms with Crippen LogP contribution in [0.25, 0.3) is 0 Å². The van der Waals surface area contributed by atoms with Crippen LogP contribution in [-0.2, 0) is 4.79 Å². The lowest BCUT2D eigenvalue weighted by molar-refractivity contribution is -0.121. The van der Waals surface area contributed by atoms with E-state index >= 15 is 0 Å². The second-order valence-electron chi connectivity index (χ2n) is 4.97. The number of hydrogen-bond donors (Lipinski definition) is 1. The highest BCUT2D eigenvalue weighted by atomic mass is 19.1. The molecule has 22 heavy (non-hydrogen) atoms. The normalized spacial score (nSPS) is 11.7. The van der Waals surface area contributed by atoms with Crippen molar-refractivity contribution in [2.45, 2.75) is 25.8 Å². The maximum Gasteiger partial charge on any atom is 0.220 e. The summed E-state index contributed by atoms with van der Waals surface area (Å²) in [4.78, 5) is 27.9. The molecule has 1 aromatic heterocycles. The molecule has 0 aliphatic carbocycles. The molecule has 0 aliphatic heterocycles. The van der Waals surface area contributed by atoms with Crippen LogP contribution in [0.3, 0.4) is 0 Å². The fourth-order valence-electron chi connectivity index (χ4n) is 2.03. The molecule has 1 atom stereocenters. The first-order chi connectivity index (χ1) is 10.6. The lowest BCUT2D eigenvalue weighted by Gasteiger charge is -2.13. The summed E-state index contributed by atoms with van der Waals surface area (Å²) in [6.45, 7) is 1.84. The Morgan fingerprint density at radius 2 is 1.86 bits per heavy atom. The number of amides is 1. The van der Waals surface area contributed by atoms with E-state index in [2.05, 4.69) is 10.3 Å². The number of aromatic nitrogens is 1. The average Bonchev–Trinajstić information content (AvgIpc) is 2.54. The van der Waals surface area contributed by atoms with Crippen LogP contribution in [0.15, 0.2) is 48.7 Å². The predicted octanol–water partition coefficient (Wildman–Crippen LogP) is 3.06. The van der Waals surface area contributed by atoms with Gasteiger partial charge >= 0.3 is 0 Å². The highest BCUT2D eigenvalue weighted by molar-refractivity contribution is 5.97. The Morgan fingerprint density at radius 1 is 1.14 bits per heavy atom. The molecular weight excluding hydrogens is 283 g/mol. The van der Waals surface area contributed by atoms with Gasteiger partial charge in [-0.3, -0.25) is 14.6 Å². The fourth-order valence-corrected chi connectivity index (χ4v) is 2.03. The zero-order valence-electron chi connectivity index (χ0n) is 12.3. The topological polar surface area (TPSA) is 59.1 Å². The Labute approximate surface area is 128 Å². The van der Waals surface area contributed by atoms with Crippen molar-refractivity contribution in [1.29, 1.82) is 0 Å². The van der Waals surface area contributed by atoms with Crippen LogP contribution in [0.5, 0.6) is 0 Å². The van der Waals surface area contributed by atoms with Crippen molar-refractivity contribution >= 4 is 11.7 Å². The van der Waals surface area contributed by atoms with Crippen molar-refractivity contribution in [3.8, 4) is 0 Å². The molecule has 2 aromatic rings. The van der Waals surface area contributed by atoms with E-state index in [0.29, 0.717) is 5.56 Å². The van der Waals surface area contributed by atoms with Crippen LogP contribution in [0.2, 0.25) is 0 Å². The summed E-state index contributed by atoms with van der Waals surface area (Å²) in [5.74, 6) is -0.785. The van der Waals surface area contributed by atoms with Crippen molar-refractivity contribution in [3.05, 3.63) is 65.7 Å². The van der Waals surface area contributed by atoms with Crippen LogP contribution >= 0.6 is 0 Å². The predicted molar refractivity (Wildman–Crippen MR) is 80.8 cm³/mol. The average molecular weight is 300 g/mol. The van der Waals surface area contributed by atoms with Crippen LogP contribution < -0.4 is 5.32 Å². The minimum absolute atomic E-state index is 0.0897. The maximum absolute atomic E-state index is 12.8. The number of pyridine rings is 1. The highest BCUT2D eigenvalue weighted by Crippen LogP contribution is 2.10. The van der Waals surface area contributed by atoms with E-state index in [1.54, 1.807) is 12.3 Å². The fraction of sp³-hybridized carbons (Fsp3) is 0.235. The first-order valence-electron chi connectivity index (χ1n) is 7.05. The monoisotopic (exact) mass is 300 g/mol. The first kappa shape index (κ1) is 15.8. The molecule has 0 saturated carbocycles. The van der Waals surface area contributed by atoms with Gasteiger partial charge < -0.3 is 5.32 Å². The molecule has 0 saturated heterocycles. The minimum Gasteiger partial charge on any atom is -0.348 e. The Balaban J connectivity index is 1.82. The molecule has 0 bridgehead atoms. The van der Waals surface area contributed by atoms with Gasteiger partial charge in [0.2, 0.25) is 5.91 Å². The number of benzene rings is 1. The molecule has 2 rings (SSSR count). The molecule has 1 amide bonds. The van der Waals surface area contributed by atoms with E-state index in [4.69, 9.17) is 0 Å². The van der Waals surface area contributed by atoms with Crippen molar-refractivity contribution in [2.75, 3.05) is 0 Å². The van der Waals surface area contributed by atoms with Crippen LogP contribution in [0, 0.1) is 5.82 Å². The Kier molecular flexibility index (Phi) is 5.36. The molecule has 1 heterocycles. The number of nitrogens with zero attached hydrogens (tertiary/aromatic N) is 1. The number of Topliss-reactive ketones (excluding diaryl/α,β-unsaturated/α-hetero) is 1. The molecule has 5 heteroatoms. The van der Waals surface area contributed by atoms with Gasteiger partial charge in [-0.05, 0) is 43.3 Å². The van der Waals surface area contributed by atoms with Crippen LogP contribution in [-0.4, -0.2) is 16.7 Å². The largest absolute Gasteiger partial charge is 0.348 e. The number of carbonyl (C=O) groups excluding carboxylic acids is 2. The number of ketones is 1. The van der Waals surface area contributed by atoms with E-state index in [0.717, 1.165) is 5.69 Å². The van der Waals surface area contributed by atoms with E-state index in [-0.39, 0.29) is 30.6 Å². The van der Waals surface area contributed by atoms with Gasteiger partial charge in [0, 0.05) is 24.6 Å². The zero-order chi connectivity index (χ0) is 15.9. The summed E-state index contributed by atoms with van der Waals surface area (Å²) in [7, 11) is 0. The van der Waals surface area contributed by atoms with Gasteiger partial charge in [-0.1, -0.05) is 6.07 Å². The third-order valence-electron chi connectivity index (χ3n) is 3.25. The van der Waals surface area contributed by atoms with Gasteiger partial charge in [0.1, 0.15) is 5.82 Å². The number of halogens is 1. The SMILES string of the molecule is CC(NC(=O)CCC(=O)c1ccc(F)cc1)c1ccccn1. The van der Waals surface area contributed by atoms with Crippen LogP contribution in [0.1, 0.15) is 41.9 Å². The van der Waals surface area contributed by atoms with E-state index in [1.165, 1.54) is 24.3 Å². The Bertz CT molecular complexity index is 641. The number of rotatable bonds is 6. The minimum atomic E-state index is -0.390. The van der Waals surface area contributed by atoms with E-state index in [9.17, 15) is 14.0 Å². The smallest absolute Gasteiger partial charge is 0.220 e. The van der Waals surface area contributed by atoms with Gasteiger partial charge in [-0.2, -0.15) is 0 Å². The van der Waals surface area contributed by atoms with Crippen molar-refractivity contribution in [3.63, 3.8) is 0 Å². The molecule has 0 aliphatic rings. The molecule has 0 spiro atoms. The van der Waals surface area contributed by atoms with Gasteiger partial charge in [0.15, 0.2) is 5.78 Å². The van der Waals surface area contributed by atoms with E-state index in [1.807, 2.05) is 19.1 Å². The highest BCUT2D eigenvalue weighted by Gasteiger charge is 2.13. The van der Waals surface area contributed by atoms with Gasteiger partial charge in [-0.25, -0.2) is 4.39 Å². The number of carbonyl (C=O) groups is 2. The summed E-state index contributed by atoms with van der Waals surface area (Å²) < 4.78 is 12.8. The second-order valence-corrected chi connectivity index (χ2v) is 4.97. The molecule has 1 N–H and O–H groups in total. The standard InChI is InChI=1S/C17H17FN2O2/c1-12(15-4-2-3-11-19-15)20-17(22)10-9-16(21)13-5-7-14(18)8-6-13/h2-8,11-12H,9-10H2,1H3,(H,20,22). The molecule has 4 nitrogen and oxygen atoms in total. The molecule has 114 valence electrons. The lowest BCUT2D eigenvalue weighted by atomic mass is 10.1. The Morgan fingerprint density at radius 3 is 2.50 bits per heavy atom. The Hall–Kier alpha value is -2.56. The van der Waals surface area contributed by atoms with Crippen molar-refractivity contribution < 1.29 is 14.0 Å². The third kappa shape index (κ3) is 4.48. The summed E-state index contributed by atoms with van der Waals surface area (Å²) in [6, 6.07) is 10.6. The molecular formula is C17H17FN2O2. The number of hydrogen-bond acceptors (Lipinski definition) is 3. The van der Waals surface area contributed by atoms with Gasteiger partial charge in [0.05, 0.1) is 11.7 Å². The molecule has 0 fully saturated rings. The molecule has 1 unspecified atom stereocenters. The van der Waals surface area contributed by atoms with Gasteiger partial charge in [-0.15, -0.1) is 0 Å². The quantitative estimate of drug-likeness (QED) is 0.834. The summed E-state index contributed by atoms with van der Waals surface area (Å²) in [6.07, 6.45) is 1.84. The van der Waals surface area contributed by atoms with Crippen molar-refractivity contribution in [1.82, 2.24) is 10.3 Å². The third-order valence-corrected chi connectivity index (χ3v) is 3.25.